The molecule has 2 unspecified atom stereocenters. The Morgan fingerprint density at radius 1 is 1.23 bits per heavy atom. The molecule has 0 saturated heterocycles. The zero-order valence-electron chi connectivity index (χ0n) is 7.06. The molecule has 13 heavy (non-hydrogen) atoms. The van der Waals surface area contributed by atoms with Crippen molar-refractivity contribution >= 4 is 35.0 Å². The van der Waals surface area contributed by atoms with E-state index in [1.54, 1.807) is 6.08 Å². The Morgan fingerprint density at radius 3 is 2.23 bits per heavy atom. The average molecular weight is 192 g/mol. The first-order chi connectivity index (χ1) is 5.63. The van der Waals surface area contributed by atoms with Crippen LogP contribution in [-0.4, -0.2) is 35.0 Å². The predicted octanol–water partition coefficient (Wildman–Crippen LogP) is -2.31. The molecule has 5 heteroatoms. The molecule has 0 aromatic heterocycles. The second-order valence-electron chi connectivity index (χ2n) is 2.78. The smallest absolute Gasteiger partial charge is 0.550 e. The molecule has 0 amide bonds. The number of carbonyl (C=O) groups excluding carboxylic acids is 2. The topological polar surface area (TPSA) is 80.3 Å². The fourth-order valence-corrected chi connectivity index (χ4v) is 1.34. The minimum absolute atomic E-state index is 0. The van der Waals surface area contributed by atoms with Crippen molar-refractivity contribution in [2.45, 2.75) is 12.8 Å². The Morgan fingerprint density at radius 2 is 1.85 bits per heavy atom. The van der Waals surface area contributed by atoms with Crippen LogP contribution in [0.5, 0.6) is 0 Å². The monoisotopic (exact) mass is 192 g/mol. The third-order valence-corrected chi connectivity index (χ3v) is 2.00. The maximum atomic E-state index is 10.4. The van der Waals surface area contributed by atoms with E-state index < -0.39 is 23.8 Å². The first-order valence-electron chi connectivity index (χ1n) is 3.71. The number of allylic oxidation sites excluding steroid dienone is 1. The molecule has 0 aromatic carbocycles. The van der Waals surface area contributed by atoms with Crippen LogP contribution in [0.25, 0.3) is 0 Å². The van der Waals surface area contributed by atoms with Gasteiger partial charge in [0, 0.05) is 23.8 Å². The normalized spacial score (nSPS) is 26.2. The van der Waals surface area contributed by atoms with Crippen molar-refractivity contribution in [3.05, 3.63) is 12.2 Å². The van der Waals surface area contributed by atoms with Gasteiger partial charge in [-0.15, -0.1) is 0 Å². The van der Waals surface area contributed by atoms with Gasteiger partial charge in [0.1, 0.15) is 0 Å². The predicted molar refractivity (Wildman–Crippen MR) is 41.1 cm³/mol. The van der Waals surface area contributed by atoms with E-state index in [1.165, 1.54) is 6.08 Å². The minimum Gasteiger partial charge on any atom is -0.550 e. The van der Waals surface area contributed by atoms with Gasteiger partial charge in [0.15, 0.2) is 0 Å². The third-order valence-electron chi connectivity index (χ3n) is 2.00. The molecule has 1 aliphatic rings. The van der Waals surface area contributed by atoms with Gasteiger partial charge in [0.2, 0.25) is 0 Å². The molecule has 0 radical (unpaired) electrons. The van der Waals surface area contributed by atoms with Gasteiger partial charge in [-0.1, -0.05) is 12.2 Å². The Bertz CT molecular complexity index is 236. The Kier molecular flexibility index (Phi) is 5.01. The molecule has 0 fully saturated rings. The van der Waals surface area contributed by atoms with Crippen LogP contribution in [0.2, 0.25) is 0 Å². The maximum absolute atomic E-state index is 10.4. The zero-order valence-corrected chi connectivity index (χ0v) is 8.48. The largest absolute Gasteiger partial charge is 2.00 e. The summed E-state index contributed by atoms with van der Waals surface area (Å²) in [5.41, 5.74) is 0. The van der Waals surface area contributed by atoms with Gasteiger partial charge in [0.05, 0.1) is 0 Å². The molecule has 0 aromatic rings. The summed E-state index contributed by atoms with van der Waals surface area (Å²) >= 11 is 0. The van der Waals surface area contributed by atoms with Gasteiger partial charge in [0.25, 0.3) is 0 Å². The van der Waals surface area contributed by atoms with Crippen LogP contribution < -0.4 is 10.2 Å². The van der Waals surface area contributed by atoms with Gasteiger partial charge in [-0.2, -0.15) is 0 Å². The number of carboxylic acid groups (broad SMARTS) is 2. The number of carboxylic acids is 2. The van der Waals surface area contributed by atoms with Gasteiger partial charge < -0.3 is 19.8 Å². The van der Waals surface area contributed by atoms with E-state index in [4.69, 9.17) is 0 Å². The van der Waals surface area contributed by atoms with Gasteiger partial charge in [-0.3, -0.25) is 0 Å². The van der Waals surface area contributed by atoms with Crippen molar-refractivity contribution in [1.29, 1.82) is 0 Å². The van der Waals surface area contributed by atoms with Crippen LogP contribution >= 0.6 is 0 Å². The zero-order chi connectivity index (χ0) is 9.14. The first-order valence-corrected chi connectivity index (χ1v) is 3.71. The van der Waals surface area contributed by atoms with Crippen molar-refractivity contribution in [2.24, 2.45) is 11.8 Å². The van der Waals surface area contributed by atoms with Crippen LogP contribution in [-0.2, 0) is 9.59 Å². The molecule has 0 N–H and O–H groups in total. The number of hydrogen-bond donors (Lipinski definition) is 0. The number of aliphatic carboxylic acids is 2. The van der Waals surface area contributed by atoms with E-state index in [2.05, 4.69) is 0 Å². The molecule has 66 valence electrons. The van der Waals surface area contributed by atoms with Crippen LogP contribution in [0, 0.1) is 11.8 Å². The van der Waals surface area contributed by atoms with E-state index in [0.29, 0.717) is 12.8 Å². The molecule has 0 bridgehead atoms. The summed E-state index contributed by atoms with van der Waals surface area (Å²) in [5, 5.41) is 20.8. The van der Waals surface area contributed by atoms with Crippen molar-refractivity contribution < 1.29 is 19.8 Å². The van der Waals surface area contributed by atoms with Crippen molar-refractivity contribution in [2.75, 3.05) is 0 Å². The van der Waals surface area contributed by atoms with E-state index in [-0.39, 0.29) is 23.1 Å². The fraction of sp³-hybridized carbons (Fsp3) is 0.500. The van der Waals surface area contributed by atoms with E-state index in [1.807, 2.05) is 0 Å². The van der Waals surface area contributed by atoms with Gasteiger partial charge in [-0.05, 0) is 12.8 Å². The molecular weight excluding hydrogens is 184 g/mol. The Hall–Kier alpha value is -0.554. The van der Waals surface area contributed by atoms with Crippen LogP contribution in [0.15, 0.2) is 12.2 Å². The number of hydrogen-bond acceptors (Lipinski definition) is 4. The summed E-state index contributed by atoms with van der Waals surface area (Å²) < 4.78 is 0. The molecule has 4 nitrogen and oxygen atoms in total. The summed E-state index contributed by atoms with van der Waals surface area (Å²) in [7, 11) is 0. The van der Waals surface area contributed by atoms with E-state index in [9.17, 15) is 19.8 Å². The second-order valence-corrected chi connectivity index (χ2v) is 2.78. The molecule has 0 spiro atoms. The molecule has 0 aliphatic heterocycles. The van der Waals surface area contributed by atoms with Crippen LogP contribution in [0.3, 0.4) is 0 Å². The Balaban J connectivity index is 0.00000144. The molecular formula is C8H8MgO4. The SMILES string of the molecule is O=C([O-])C1C=CCCC1C(=O)[O-].[Mg+2]. The van der Waals surface area contributed by atoms with Crippen molar-refractivity contribution in [3.63, 3.8) is 0 Å². The number of carbonyl (C=O) groups is 2. The summed E-state index contributed by atoms with van der Waals surface area (Å²) in [5.74, 6) is -4.61. The minimum atomic E-state index is -1.35. The fourth-order valence-electron chi connectivity index (χ4n) is 1.34. The maximum Gasteiger partial charge on any atom is 2.00 e. The van der Waals surface area contributed by atoms with Gasteiger partial charge >= 0.3 is 23.1 Å². The first kappa shape index (κ1) is 12.4. The quantitative estimate of drug-likeness (QED) is 0.364. The van der Waals surface area contributed by atoms with Gasteiger partial charge in [-0.25, -0.2) is 0 Å². The number of rotatable bonds is 2. The molecule has 2 atom stereocenters. The summed E-state index contributed by atoms with van der Waals surface area (Å²) in [6.07, 6.45) is 3.92. The summed E-state index contributed by atoms with van der Waals surface area (Å²) in [4.78, 5) is 20.8. The van der Waals surface area contributed by atoms with Crippen LogP contribution in [0.1, 0.15) is 12.8 Å². The summed E-state index contributed by atoms with van der Waals surface area (Å²) in [6, 6.07) is 0. The second kappa shape index (κ2) is 5.24. The van der Waals surface area contributed by atoms with E-state index in [0.717, 1.165) is 0 Å². The summed E-state index contributed by atoms with van der Waals surface area (Å²) in [6.45, 7) is 0. The molecule has 0 heterocycles. The molecule has 1 aliphatic carbocycles. The Labute approximate surface area is 91.8 Å². The molecule has 1 rings (SSSR count). The third kappa shape index (κ3) is 3.00. The van der Waals surface area contributed by atoms with Crippen molar-refractivity contribution in [1.82, 2.24) is 0 Å². The van der Waals surface area contributed by atoms with Crippen LogP contribution in [0.4, 0.5) is 0 Å². The van der Waals surface area contributed by atoms with E-state index >= 15 is 0 Å². The molecule has 0 saturated carbocycles. The average Bonchev–Trinajstić information content (AvgIpc) is 2.04. The van der Waals surface area contributed by atoms with Crippen molar-refractivity contribution in [3.8, 4) is 0 Å². The standard InChI is InChI=1S/C8H10O4.Mg/c9-7(10)5-3-1-2-4-6(5)8(11)12;/h1,3,5-6H,2,4H2,(H,9,10)(H,11,12);/q;+2/p-2.